The summed E-state index contributed by atoms with van der Waals surface area (Å²) >= 11 is 0. The number of aryl methyl sites for hydroxylation is 2. The first-order chi connectivity index (χ1) is 8.90. The average molecular weight is 276 g/mol. The number of hydrogen-bond acceptors (Lipinski definition) is 3. The zero-order valence-electron chi connectivity index (χ0n) is 10.8. The van der Waals surface area contributed by atoms with Gasteiger partial charge in [-0.2, -0.15) is 0 Å². The van der Waals surface area contributed by atoms with E-state index >= 15 is 0 Å². The molecule has 3 N–H and O–H groups in total. The van der Waals surface area contributed by atoms with E-state index < -0.39 is 10.0 Å². The van der Waals surface area contributed by atoms with Crippen LogP contribution >= 0.6 is 0 Å². The summed E-state index contributed by atoms with van der Waals surface area (Å²) < 4.78 is 27.1. The summed E-state index contributed by atoms with van der Waals surface area (Å²) in [5.74, 6) is 0. The van der Waals surface area contributed by atoms with E-state index in [9.17, 15) is 8.42 Å². The lowest BCUT2D eigenvalue weighted by atomic mass is 10.1. The Morgan fingerprint density at radius 1 is 1.00 bits per heavy atom. The minimum Gasteiger partial charge on any atom is -0.399 e. The zero-order chi connectivity index (χ0) is 14.0. The van der Waals surface area contributed by atoms with Crippen LogP contribution in [0.1, 0.15) is 11.1 Å². The van der Waals surface area contributed by atoms with E-state index in [2.05, 4.69) is 4.72 Å². The number of sulfonamides is 1. The largest absolute Gasteiger partial charge is 0.399 e. The molecule has 0 saturated heterocycles. The van der Waals surface area contributed by atoms with Gasteiger partial charge in [0.05, 0.1) is 10.6 Å². The van der Waals surface area contributed by atoms with Crippen LogP contribution in [0, 0.1) is 13.8 Å². The maximum absolute atomic E-state index is 12.2. The summed E-state index contributed by atoms with van der Waals surface area (Å²) in [6.45, 7) is 3.65. The van der Waals surface area contributed by atoms with Gasteiger partial charge in [-0.1, -0.05) is 18.2 Å². The van der Waals surface area contributed by atoms with Gasteiger partial charge >= 0.3 is 0 Å². The molecule has 2 rings (SSSR count). The number of benzene rings is 2. The molecule has 4 nitrogen and oxygen atoms in total. The molecular weight excluding hydrogens is 260 g/mol. The molecule has 0 heterocycles. The predicted molar refractivity (Wildman–Crippen MR) is 77.6 cm³/mol. The van der Waals surface area contributed by atoms with Crippen molar-refractivity contribution in [3.05, 3.63) is 53.6 Å². The third-order valence-electron chi connectivity index (χ3n) is 2.84. The highest BCUT2D eigenvalue weighted by Crippen LogP contribution is 2.26. The summed E-state index contributed by atoms with van der Waals surface area (Å²) in [7, 11) is -3.56. The van der Waals surface area contributed by atoms with Crippen LogP contribution in [0.15, 0.2) is 47.4 Å². The molecule has 0 aliphatic heterocycles. The van der Waals surface area contributed by atoms with Crippen LogP contribution in [0.4, 0.5) is 11.4 Å². The van der Waals surface area contributed by atoms with E-state index in [0.717, 1.165) is 11.1 Å². The predicted octanol–water partition coefficient (Wildman–Crippen LogP) is 2.69. The first-order valence-electron chi connectivity index (χ1n) is 5.85. The van der Waals surface area contributed by atoms with Crippen LogP contribution in [0.2, 0.25) is 0 Å². The molecule has 0 aromatic heterocycles. The van der Waals surface area contributed by atoms with Crippen LogP contribution < -0.4 is 10.5 Å². The fourth-order valence-corrected chi connectivity index (χ4v) is 3.17. The van der Waals surface area contributed by atoms with E-state index in [0.29, 0.717) is 11.4 Å². The minimum absolute atomic E-state index is 0.241. The molecule has 5 heteroatoms. The van der Waals surface area contributed by atoms with Gasteiger partial charge in [-0.3, -0.25) is 4.72 Å². The highest BCUT2D eigenvalue weighted by atomic mass is 32.2. The van der Waals surface area contributed by atoms with Gasteiger partial charge in [-0.15, -0.1) is 0 Å². The molecule has 0 radical (unpaired) electrons. The van der Waals surface area contributed by atoms with Crippen molar-refractivity contribution in [1.82, 2.24) is 0 Å². The third kappa shape index (κ3) is 2.88. The Hall–Kier alpha value is -2.01. The highest BCUT2D eigenvalue weighted by Gasteiger charge is 2.16. The summed E-state index contributed by atoms with van der Waals surface area (Å²) in [6.07, 6.45) is 0. The Labute approximate surface area is 113 Å². The van der Waals surface area contributed by atoms with Gasteiger partial charge < -0.3 is 5.73 Å². The van der Waals surface area contributed by atoms with E-state index in [1.54, 1.807) is 42.5 Å². The lowest BCUT2D eigenvalue weighted by Gasteiger charge is -2.14. The Balaban J connectivity index is 2.42. The van der Waals surface area contributed by atoms with Crippen molar-refractivity contribution in [3.8, 4) is 0 Å². The Morgan fingerprint density at radius 2 is 1.53 bits per heavy atom. The van der Waals surface area contributed by atoms with Crippen LogP contribution in [0.3, 0.4) is 0 Å². The quantitative estimate of drug-likeness (QED) is 0.847. The van der Waals surface area contributed by atoms with Crippen molar-refractivity contribution in [2.45, 2.75) is 18.7 Å². The maximum atomic E-state index is 12.2. The number of rotatable bonds is 3. The fourth-order valence-electron chi connectivity index (χ4n) is 1.95. The van der Waals surface area contributed by atoms with Gasteiger partial charge in [0.2, 0.25) is 0 Å². The summed E-state index contributed by atoms with van der Waals surface area (Å²) in [4.78, 5) is 0.241. The molecule has 0 amide bonds. The summed E-state index contributed by atoms with van der Waals surface area (Å²) in [5, 5.41) is 0. The Kier molecular flexibility index (Phi) is 3.48. The molecule has 0 bridgehead atoms. The van der Waals surface area contributed by atoms with Crippen LogP contribution in [-0.4, -0.2) is 8.42 Å². The molecule has 2 aromatic carbocycles. The molecule has 0 spiro atoms. The Bertz CT molecular complexity index is 672. The van der Waals surface area contributed by atoms with E-state index in [1.807, 2.05) is 13.8 Å². The van der Waals surface area contributed by atoms with E-state index in [-0.39, 0.29) is 4.90 Å². The van der Waals surface area contributed by atoms with Crippen molar-refractivity contribution >= 4 is 21.4 Å². The van der Waals surface area contributed by atoms with Gasteiger partial charge in [-0.05, 0) is 49.2 Å². The van der Waals surface area contributed by atoms with Crippen molar-refractivity contribution in [2.24, 2.45) is 0 Å². The molecule has 0 atom stereocenters. The molecule has 0 fully saturated rings. The monoisotopic (exact) mass is 276 g/mol. The molecule has 100 valence electrons. The lowest BCUT2D eigenvalue weighted by molar-refractivity contribution is 0.601. The SMILES string of the molecule is Cc1cc(N)cc(C)c1NS(=O)(=O)c1ccccc1. The summed E-state index contributed by atoms with van der Waals surface area (Å²) in [5.41, 5.74) is 8.54. The van der Waals surface area contributed by atoms with Crippen molar-refractivity contribution in [3.63, 3.8) is 0 Å². The number of anilines is 2. The first-order valence-corrected chi connectivity index (χ1v) is 7.33. The maximum Gasteiger partial charge on any atom is 0.261 e. The first kappa shape index (κ1) is 13.4. The minimum atomic E-state index is -3.56. The smallest absolute Gasteiger partial charge is 0.261 e. The molecule has 0 aliphatic carbocycles. The lowest BCUT2D eigenvalue weighted by Crippen LogP contribution is -2.14. The second-order valence-electron chi connectivity index (χ2n) is 4.45. The van der Waals surface area contributed by atoms with Gasteiger partial charge in [0.15, 0.2) is 0 Å². The van der Waals surface area contributed by atoms with Crippen LogP contribution in [0.5, 0.6) is 0 Å². The third-order valence-corrected chi connectivity index (χ3v) is 4.21. The normalized spacial score (nSPS) is 11.3. The van der Waals surface area contributed by atoms with Crippen LogP contribution in [0.25, 0.3) is 0 Å². The fraction of sp³-hybridized carbons (Fsp3) is 0.143. The molecular formula is C14H16N2O2S. The van der Waals surface area contributed by atoms with Gasteiger partial charge in [0.25, 0.3) is 10.0 Å². The molecule has 0 aliphatic rings. The molecule has 2 aromatic rings. The number of nitrogen functional groups attached to an aromatic ring is 1. The van der Waals surface area contributed by atoms with Crippen molar-refractivity contribution < 1.29 is 8.42 Å². The van der Waals surface area contributed by atoms with Crippen molar-refractivity contribution in [2.75, 3.05) is 10.5 Å². The zero-order valence-corrected chi connectivity index (χ0v) is 11.7. The second-order valence-corrected chi connectivity index (χ2v) is 6.13. The number of nitrogens with two attached hydrogens (primary N) is 1. The number of nitrogens with one attached hydrogen (secondary N) is 1. The number of hydrogen-bond donors (Lipinski definition) is 2. The average Bonchev–Trinajstić information content (AvgIpc) is 2.35. The topological polar surface area (TPSA) is 72.2 Å². The second kappa shape index (κ2) is 4.93. The highest BCUT2D eigenvalue weighted by molar-refractivity contribution is 7.92. The van der Waals surface area contributed by atoms with E-state index in [4.69, 9.17) is 5.73 Å². The molecule has 0 unspecified atom stereocenters. The van der Waals surface area contributed by atoms with Crippen LogP contribution in [-0.2, 0) is 10.0 Å². The van der Waals surface area contributed by atoms with E-state index in [1.165, 1.54) is 0 Å². The van der Waals surface area contributed by atoms with Gasteiger partial charge in [0, 0.05) is 5.69 Å². The standard InChI is InChI=1S/C14H16N2O2S/c1-10-8-12(15)9-11(2)14(10)16-19(17,18)13-6-4-3-5-7-13/h3-9,16H,15H2,1-2H3. The van der Waals surface area contributed by atoms with Gasteiger partial charge in [0.1, 0.15) is 0 Å². The molecule has 0 saturated carbocycles. The summed E-state index contributed by atoms with van der Waals surface area (Å²) in [6, 6.07) is 11.8. The van der Waals surface area contributed by atoms with Gasteiger partial charge in [-0.25, -0.2) is 8.42 Å². The molecule has 19 heavy (non-hydrogen) atoms. The van der Waals surface area contributed by atoms with Crippen molar-refractivity contribution in [1.29, 1.82) is 0 Å². The Morgan fingerprint density at radius 3 is 2.05 bits per heavy atom.